The SMILES string of the molecule is CCOC(=O)C1=C(C)N=c2sc(=Cc3cc(I)c(OCc4ccccc4)c(OC)c3)c(=O)n2[C@@H]1c1ccc(OC)cc1. The zero-order valence-electron chi connectivity index (χ0n) is 23.5. The Hall–Kier alpha value is -3.90. The second-order valence-electron chi connectivity index (χ2n) is 9.38. The molecule has 5 rings (SSSR count). The highest BCUT2D eigenvalue weighted by Crippen LogP contribution is 2.35. The predicted octanol–water partition coefficient (Wildman–Crippen LogP) is 5.00. The van der Waals surface area contributed by atoms with Gasteiger partial charge >= 0.3 is 5.97 Å². The molecule has 216 valence electrons. The molecule has 1 aliphatic heterocycles. The zero-order valence-corrected chi connectivity index (χ0v) is 26.5. The summed E-state index contributed by atoms with van der Waals surface area (Å²) in [5.41, 5.74) is 3.15. The number of fused-ring (bicyclic) bond motifs is 1. The molecule has 1 atom stereocenters. The summed E-state index contributed by atoms with van der Waals surface area (Å²) in [4.78, 5) is 32.2. The van der Waals surface area contributed by atoms with E-state index in [1.165, 1.54) is 11.3 Å². The van der Waals surface area contributed by atoms with E-state index in [4.69, 9.17) is 18.9 Å². The van der Waals surface area contributed by atoms with Crippen molar-refractivity contribution in [3.63, 3.8) is 0 Å². The van der Waals surface area contributed by atoms with Crippen molar-refractivity contribution in [2.75, 3.05) is 20.8 Å². The molecular formula is C32H29IN2O6S. The summed E-state index contributed by atoms with van der Waals surface area (Å²) in [6, 6.07) is 20.3. The maximum Gasteiger partial charge on any atom is 0.338 e. The van der Waals surface area contributed by atoms with Crippen molar-refractivity contribution in [2.24, 2.45) is 4.99 Å². The highest BCUT2D eigenvalue weighted by atomic mass is 127. The molecule has 3 aromatic carbocycles. The number of hydrogen-bond donors (Lipinski definition) is 0. The summed E-state index contributed by atoms with van der Waals surface area (Å²) < 4.78 is 25.3. The maximum atomic E-state index is 13.9. The molecule has 0 bridgehead atoms. The minimum atomic E-state index is -0.697. The maximum absolute atomic E-state index is 13.9. The Morgan fingerprint density at radius 2 is 1.81 bits per heavy atom. The molecule has 0 spiro atoms. The van der Waals surface area contributed by atoms with Crippen LogP contribution in [-0.2, 0) is 16.1 Å². The van der Waals surface area contributed by atoms with Crippen LogP contribution < -0.4 is 29.1 Å². The number of thiazole rings is 1. The molecule has 0 aliphatic carbocycles. The average molecular weight is 697 g/mol. The van der Waals surface area contributed by atoms with E-state index >= 15 is 0 Å². The summed E-state index contributed by atoms with van der Waals surface area (Å²) >= 11 is 3.48. The second-order valence-corrected chi connectivity index (χ2v) is 11.6. The van der Waals surface area contributed by atoms with Crippen molar-refractivity contribution in [2.45, 2.75) is 26.5 Å². The number of benzene rings is 3. The standard InChI is InChI=1S/C32H29IN2O6S/c1-5-40-31(37)27-19(2)34-32-35(28(27)22-11-13-23(38-3)14-12-22)30(36)26(42-32)17-21-15-24(33)29(25(16-21)39-4)41-18-20-9-7-6-8-10-20/h6-17,28H,5,18H2,1-4H3/t28-/m1/s1. The van der Waals surface area contributed by atoms with Gasteiger partial charge in [0.1, 0.15) is 12.4 Å². The number of carbonyl (C=O) groups is 1. The van der Waals surface area contributed by atoms with Gasteiger partial charge in [-0.25, -0.2) is 9.79 Å². The summed E-state index contributed by atoms with van der Waals surface area (Å²) in [6.07, 6.45) is 1.81. The first-order chi connectivity index (χ1) is 20.3. The lowest BCUT2D eigenvalue weighted by Crippen LogP contribution is -2.39. The van der Waals surface area contributed by atoms with Gasteiger partial charge in [-0.1, -0.05) is 53.8 Å². The molecule has 8 nitrogen and oxygen atoms in total. The van der Waals surface area contributed by atoms with Gasteiger partial charge in [-0.15, -0.1) is 0 Å². The quantitative estimate of drug-likeness (QED) is 0.181. The van der Waals surface area contributed by atoms with E-state index in [1.807, 2.05) is 60.7 Å². The number of hydrogen-bond acceptors (Lipinski definition) is 8. The van der Waals surface area contributed by atoms with Crippen molar-refractivity contribution in [3.8, 4) is 17.2 Å². The number of aromatic nitrogens is 1. The third-order valence-electron chi connectivity index (χ3n) is 6.72. The lowest BCUT2D eigenvalue weighted by molar-refractivity contribution is -0.139. The van der Waals surface area contributed by atoms with E-state index in [0.29, 0.717) is 44.5 Å². The average Bonchev–Trinajstić information content (AvgIpc) is 3.30. The normalized spacial score (nSPS) is 14.7. The molecule has 1 aliphatic rings. The van der Waals surface area contributed by atoms with Gasteiger partial charge in [0, 0.05) is 0 Å². The Balaban J connectivity index is 1.58. The molecule has 4 aromatic rings. The Morgan fingerprint density at radius 1 is 1.07 bits per heavy atom. The van der Waals surface area contributed by atoms with Gasteiger partial charge in [0.25, 0.3) is 5.56 Å². The molecule has 0 fully saturated rings. The topological polar surface area (TPSA) is 88.4 Å². The van der Waals surface area contributed by atoms with E-state index in [1.54, 1.807) is 44.8 Å². The minimum Gasteiger partial charge on any atom is -0.497 e. The van der Waals surface area contributed by atoms with Crippen LogP contribution in [-0.4, -0.2) is 31.4 Å². The molecule has 0 saturated heterocycles. The van der Waals surface area contributed by atoms with Crippen molar-refractivity contribution in [1.29, 1.82) is 0 Å². The third kappa shape index (κ3) is 6.00. The van der Waals surface area contributed by atoms with Gasteiger partial charge in [-0.05, 0) is 83.5 Å². The van der Waals surface area contributed by atoms with Gasteiger partial charge in [0.15, 0.2) is 16.3 Å². The number of nitrogens with zero attached hydrogens (tertiary/aromatic N) is 2. The fraction of sp³-hybridized carbons (Fsp3) is 0.219. The lowest BCUT2D eigenvalue weighted by atomic mass is 9.96. The Kier molecular flexibility index (Phi) is 9.12. The first kappa shape index (κ1) is 29.6. The van der Waals surface area contributed by atoms with Crippen molar-refractivity contribution in [1.82, 2.24) is 4.57 Å². The molecule has 0 unspecified atom stereocenters. The van der Waals surface area contributed by atoms with Crippen LogP contribution in [0.25, 0.3) is 6.08 Å². The van der Waals surface area contributed by atoms with Gasteiger partial charge < -0.3 is 18.9 Å². The zero-order chi connectivity index (χ0) is 29.8. The predicted molar refractivity (Wildman–Crippen MR) is 170 cm³/mol. The largest absolute Gasteiger partial charge is 0.497 e. The molecule has 42 heavy (non-hydrogen) atoms. The van der Waals surface area contributed by atoms with Crippen molar-refractivity contribution >= 4 is 46.0 Å². The van der Waals surface area contributed by atoms with E-state index in [0.717, 1.165) is 20.3 Å². The second kappa shape index (κ2) is 13.0. The number of carbonyl (C=O) groups excluding carboxylic acids is 1. The van der Waals surface area contributed by atoms with Crippen LogP contribution in [0.5, 0.6) is 17.2 Å². The first-order valence-electron chi connectivity index (χ1n) is 13.2. The fourth-order valence-electron chi connectivity index (χ4n) is 4.74. The molecule has 0 N–H and O–H groups in total. The first-order valence-corrected chi connectivity index (χ1v) is 15.1. The van der Waals surface area contributed by atoms with E-state index in [-0.39, 0.29) is 12.2 Å². The molecule has 0 radical (unpaired) electrons. The van der Waals surface area contributed by atoms with Crippen LogP contribution in [0, 0.1) is 3.57 Å². The smallest absolute Gasteiger partial charge is 0.338 e. The van der Waals surface area contributed by atoms with Crippen LogP contribution in [0.4, 0.5) is 0 Å². The Labute approximate surface area is 260 Å². The number of rotatable bonds is 9. The summed E-state index contributed by atoms with van der Waals surface area (Å²) in [6.45, 7) is 4.12. The molecule has 2 heterocycles. The van der Waals surface area contributed by atoms with Gasteiger partial charge in [-0.2, -0.15) is 0 Å². The monoisotopic (exact) mass is 696 g/mol. The minimum absolute atomic E-state index is 0.209. The number of ether oxygens (including phenoxy) is 4. The van der Waals surface area contributed by atoms with Crippen LogP contribution in [0.15, 0.2) is 87.8 Å². The molecule has 1 aromatic heterocycles. The van der Waals surface area contributed by atoms with Crippen LogP contribution in [0.2, 0.25) is 0 Å². The molecular weight excluding hydrogens is 667 g/mol. The van der Waals surface area contributed by atoms with Crippen LogP contribution in [0.3, 0.4) is 0 Å². The highest BCUT2D eigenvalue weighted by molar-refractivity contribution is 14.1. The van der Waals surface area contributed by atoms with Gasteiger partial charge in [0.05, 0.1) is 46.2 Å². The number of esters is 1. The van der Waals surface area contributed by atoms with E-state index < -0.39 is 12.0 Å². The van der Waals surface area contributed by atoms with Crippen LogP contribution in [0.1, 0.15) is 36.6 Å². The van der Waals surface area contributed by atoms with E-state index in [2.05, 4.69) is 27.6 Å². The summed E-state index contributed by atoms with van der Waals surface area (Å²) in [7, 11) is 3.18. The number of allylic oxidation sites excluding steroid dienone is 1. The van der Waals surface area contributed by atoms with Crippen LogP contribution >= 0.6 is 33.9 Å². The Morgan fingerprint density at radius 3 is 2.48 bits per heavy atom. The molecule has 0 amide bonds. The summed E-state index contributed by atoms with van der Waals surface area (Å²) in [5.74, 6) is 1.37. The van der Waals surface area contributed by atoms with Gasteiger partial charge in [0.2, 0.25) is 0 Å². The summed E-state index contributed by atoms with van der Waals surface area (Å²) in [5, 5.41) is 0. The van der Waals surface area contributed by atoms with E-state index in [9.17, 15) is 9.59 Å². The van der Waals surface area contributed by atoms with Crippen molar-refractivity contribution in [3.05, 3.63) is 118 Å². The van der Waals surface area contributed by atoms with Gasteiger partial charge in [-0.3, -0.25) is 9.36 Å². The van der Waals surface area contributed by atoms with Crippen molar-refractivity contribution < 1.29 is 23.7 Å². The lowest BCUT2D eigenvalue weighted by Gasteiger charge is -2.24. The third-order valence-corrected chi connectivity index (χ3v) is 8.51. The number of methoxy groups -OCH3 is 2. The fourth-order valence-corrected chi connectivity index (χ4v) is 6.57. The molecule has 10 heteroatoms. The molecule has 0 saturated carbocycles. The highest BCUT2D eigenvalue weighted by Gasteiger charge is 2.33. The number of halogens is 1. The Bertz CT molecular complexity index is 1830.